The highest BCUT2D eigenvalue weighted by Crippen LogP contribution is 2.43. The first-order chi connectivity index (χ1) is 13.8. The number of benzene rings is 3. The molecule has 2 aliphatic rings. The second-order valence-corrected chi connectivity index (χ2v) is 6.63. The molecule has 5 nitrogen and oxygen atoms in total. The van der Waals surface area contributed by atoms with Crippen LogP contribution in [0.1, 0.15) is 5.56 Å². The van der Waals surface area contributed by atoms with E-state index in [0.29, 0.717) is 5.69 Å². The lowest BCUT2D eigenvalue weighted by Gasteiger charge is -2.04. The second-order valence-electron chi connectivity index (χ2n) is 6.63. The van der Waals surface area contributed by atoms with Gasteiger partial charge in [-0.1, -0.05) is 66.7 Å². The van der Waals surface area contributed by atoms with Gasteiger partial charge in [-0.3, -0.25) is 4.79 Å². The Labute approximate surface area is 161 Å². The molecule has 0 spiro atoms. The maximum atomic E-state index is 12.3. The lowest BCUT2D eigenvalue weighted by atomic mass is 10.1. The average molecular weight is 364 g/mol. The van der Waals surface area contributed by atoms with Gasteiger partial charge in [0, 0.05) is 10.8 Å². The van der Waals surface area contributed by atoms with E-state index < -0.39 is 0 Å². The molecule has 5 heteroatoms. The minimum Gasteiger partial charge on any atom is -0.350 e. The number of azo groups is 1. The molecule has 5 rings (SSSR count). The van der Waals surface area contributed by atoms with Gasteiger partial charge in [0.15, 0.2) is 0 Å². The molecule has 3 aromatic carbocycles. The Bertz CT molecular complexity index is 1300. The van der Waals surface area contributed by atoms with Crippen LogP contribution in [0.25, 0.3) is 33.2 Å². The van der Waals surface area contributed by atoms with Crippen molar-refractivity contribution < 1.29 is 4.79 Å². The van der Waals surface area contributed by atoms with Crippen molar-refractivity contribution in [3.63, 3.8) is 0 Å². The summed E-state index contributed by atoms with van der Waals surface area (Å²) < 4.78 is 0. The fourth-order valence-corrected chi connectivity index (χ4v) is 3.46. The van der Waals surface area contributed by atoms with Crippen LogP contribution in [0.15, 0.2) is 89.1 Å². The highest BCUT2D eigenvalue weighted by atomic mass is 16.1. The second kappa shape index (κ2) is 6.70. The molecule has 0 saturated carbocycles. The summed E-state index contributed by atoms with van der Waals surface area (Å²) in [5, 5.41) is 10.2. The van der Waals surface area contributed by atoms with Gasteiger partial charge < -0.3 is 4.98 Å². The summed E-state index contributed by atoms with van der Waals surface area (Å²) in [5.41, 5.74) is 4.98. The monoisotopic (exact) mass is 364 g/mol. The largest absolute Gasteiger partial charge is 0.350 e. The number of aromatic amines is 1. The molecule has 0 saturated heterocycles. The summed E-state index contributed by atoms with van der Waals surface area (Å²) in [6.45, 7) is 0. The molecule has 1 N–H and O–H groups in total. The van der Waals surface area contributed by atoms with Crippen molar-refractivity contribution in [3.8, 4) is 11.4 Å². The fraction of sp³-hybridized carbons (Fsp3) is 0.0435. The van der Waals surface area contributed by atoms with Crippen molar-refractivity contribution in [3.05, 3.63) is 84.4 Å². The van der Waals surface area contributed by atoms with E-state index in [-0.39, 0.29) is 12.3 Å². The van der Waals surface area contributed by atoms with Gasteiger partial charge in [-0.15, -0.1) is 10.2 Å². The summed E-state index contributed by atoms with van der Waals surface area (Å²) in [6.07, 6.45) is 0.228. The molecule has 0 atom stereocenters. The fourth-order valence-electron chi connectivity index (χ4n) is 3.46. The van der Waals surface area contributed by atoms with E-state index in [4.69, 9.17) is 4.98 Å². The van der Waals surface area contributed by atoms with E-state index >= 15 is 0 Å². The highest BCUT2D eigenvalue weighted by molar-refractivity contribution is 6.11. The molecule has 0 bridgehead atoms. The number of nitrogens with zero attached hydrogens (tertiary/aromatic N) is 3. The van der Waals surface area contributed by atoms with Crippen LogP contribution in [0.2, 0.25) is 0 Å². The average Bonchev–Trinajstić information content (AvgIpc) is 3.04. The van der Waals surface area contributed by atoms with Crippen LogP contribution in [0.3, 0.4) is 0 Å². The molecule has 134 valence electrons. The van der Waals surface area contributed by atoms with E-state index in [9.17, 15) is 4.79 Å². The van der Waals surface area contributed by atoms with Crippen molar-refractivity contribution >= 4 is 33.4 Å². The van der Waals surface area contributed by atoms with Crippen molar-refractivity contribution in [2.75, 3.05) is 0 Å². The van der Waals surface area contributed by atoms with E-state index in [1.54, 1.807) is 0 Å². The molecule has 28 heavy (non-hydrogen) atoms. The van der Waals surface area contributed by atoms with Gasteiger partial charge in [0.25, 0.3) is 5.91 Å². The Morgan fingerprint density at radius 2 is 1.57 bits per heavy atom. The molecule has 0 aromatic heterocycles. The minimum atomic E-state index is -0.279. The number of fused-ring (bicyclic) bond motifs is 4. The van der Waals surface area contributed by atoms with Gasteiger partial charge >= 0.3 is 0 Å². The van der Waals surface area contributed by atoms with Gasteiger partial charge in [-0.25, -0.2) is 4.98 Å². The number of para-hydroxylation sites is 2. The van der Waals surface area contributed by atoms with E-state index in [1.165, 1.54) is 0 Å². The maximum Gasteiger partial charge on any atom is 0.269 e. The quantitative estimate of drug-likeness (QED) is 0.419. The zero-order valence-corrected chi connectivity index (χ0v) is 15.0. The van der Waals surface area contributed by atoms with Gasteiger partial charge in [-0.05, 0) is 17.7 Å². The number of amides is 1. The van der Waals surface area contributed by atoms with Crippen LogP contribution in [-0.4, -0.2) is 15.9 Å². The van der Waals surface area contributed by atoms with Crippen molar-refractivity contribution in [1.82, 2.24) is 9.97 Å². The Kier molecular flexibility index (Phi) is 3.91. The zero-order chi connectivity index (χ0) is 18.9. The van der Waals surface area contributed by atoms with Crippen molar-refractivity contribution in [1.29, 1.82) is 0 Å². The summed E-state index contributed by atoms with van der Waals surface area (Å²) in [7, 11) is 0. The number of aromatic nitrogens is 2. The Balaban J connectivity index is 1.61. The Morgan fingerprint density at radius 1 is 0.857 bits per heavy atom. The molecule has 1 aliphatic carbocycles. The topological polar surface area (TPSA) is 70.5 Å². The molecule has 1 aliphatic heterocycles. The number of carbonyl (C=O) groups is 1. The van der Waals surface area contributed by atoms with Crippen LogP contribution in [0.5, 0.6) is 0 Å². The van der Waals surface area contributed by atoms with Crippen LogP contribution < -0.4 is 0 Å². The van der Waals surface area contributed by atoms with Crippen molar-refractivity contribution in [2.45, 2.75) is 6.42 Å². The minimum absolute atomic E-state index is 0.228. The van der Waals surface area contributed by atoms with Gasteiger partial charge in [0.05, 0.1) is 28.8 Å². The van der Waals surface area contributed by atoms with Gasteiger partial charge in [-0.2, -0.15) is 0 Å². The summed E-state index contributed by atoms with van der Waals surface area (Å²) in [5.74, 6) is -0.279. The third-order valence-electron chi connectivity index (χ3n) is 4.77. The molecule has 3 aromatic rings. The van der Waals surface area contributed by atoms with Crippen LogP contribution in [0.4, 0.5) is 5.69 Å². The molecular formula is C23H16N4O. The SMILES string of the molecule is O=C(Cc1ccccc1)N=Nc1c2[nH]c3ccccc3nc-2c2ccccc12. The smallest absolute Gasteiger partial charge is 0.269 e. The predicted molar refractivity (Wildman–Crippen MR) is 110 cm³/mol. The predicted octanol–water partition coefficient (Wildman–Crippen LogP) is 5.67. The number of hydrogen-bond acceptors (Lipinski definition) is 3. The van der Waals surface area contributed by atoms with Crippen LogP contribution in [-0.2, 0) is 11.2 Å². The number of hydrogen-bond donors (Lipinski definition) is 1. The number of carbonyl (C=O) groups excluding carboxylic acids is 1. The number of rotatable bonds is 3. The zero-order valence-electron chi connectivity index (χ0n) is 15.0. The first-order valence-electron chi connectivity index (χ1n) is 9.07. The summed E-state index contributed by atoms with van der Waals surface area (Å²) in [6, 6.07) is 25.3. The molecule has 0 radical (unpaired) electrons. The van der Waals surface area contributed by atoms with E-state index in [0.717, 1.165) is 38.8 Å². The number of H-pyrrole nitrogens is 1. The van der Waals surface area contributed by atoms with E-state index in [1.807, 2.05) is 78.9 Å². The number of nitrogens with one attached hydrogen (secondary N) is 1. The maximum absolute atomic E-state index is 12.3. The molecule has 1 amide bonds. The lowest BCUT2D eigenvalue weighted by molar-refractivity contribution is -0.117. The Hall–Kier alpha value is -3.86. The first-order valence-corrected chi connectivity index (χ1v) is 9.07. The van der Waals surface area contributed by atoms with Crippen LogP contribution >= 0.6 is 0 Å². The third kappa shape index (κ3) is 2.83. The van der Waals surface area contributed by atoms with Crippen molar-refractivity contribution in [2.24, 2.45) is 10.2 Å². The standard InChI is InChI=1S/C23H16N4O/c28-20(14-15-8-2-1-3-9-15)26-27-22-17-11-5-4-10-16(17)21-23(22)25-19-13-7-6-12-18(19)24-21/h1-13,25H,14H2. The summed E-state index contributed by atoms with van der Waals surface area (Å²) >= 11 is 0. The Morgan fingerprint density at radius 3 is 2.43 bits per heavy atom. The summed E-state index contributed by atoms with van der Waals surface area (Å²) in [4.78, 5) is 20.5. The third-order valence-corrected chi connectivity index (χ3v) is 4.77. The van der Waals surface area contributed by atoms with Gasteiger partial charge in [0.2, 0.25) is 0 Å². The van der Waals surface area contributed by atoms with Crippen LogP contribution in [0, 0.1) is 0 Å². The first kappa shape index (κ1) is 16.3. The molecular weight excluding hydrogens is 348 g/mol. The lowest BCUT2D eigenvalue weighted by Crippen LogP contribution is -1.97. The van der Waals surface area contributed by atoms with Gasteiger partial charge in [0.1, 0.15) is 5.69 Å². The normalized spacial score (nSPS) is 11.7. The van der Waals surface area contributed by atoms with E-state index in [2.05, 4.69) is 15.2 Å². The molecule has 0 fully saturated rings. The molecule has 0 unspecified atom stereocenters. The molecule has 1 heterocycles. The highest BCUT2D eigenvalue weighted by Gasteiger charge is 2.20.